The van der Waals surface area contributed by atoms with Crippen LogP contribution in [0, 0.1) is 5.82 Å². The number of aliphatic hydroxyl groups excluding tert-OH is 1. The zero-order valence-corrected chi connectivity index (χ0v) is 10.4. The third-order valence-corrected chi connectivity index (χ3v) is 2.96. The van der Waals surface area contributed by atoms with Crippen LogP contribution in [-0.4, -0.2) is 5.11 Å². The van der Waals surface area contributed by atoms with Gasteiger partial charge in [0.1, 0.15) is 5.82 Å². The summed E-state index contributed by atoms with van der Waals surface area (Å²) in [7, 11) is 0. The highest BCUT2D eigenvalue weighted by molar-refractivity contribution is 6.30. The Labute approximate surface area is 110 Å². The minimum atomic E-state index is -0.788. The lowest BCUT2D eigenvalue weighted by Crippen LogP contribution is -2.04. The molecule has 0 saturated heterocycles. The van der Waals surface area contributed by atoms with Crippen LogP contribution in [0.5, 0.6) is 0 Å². The first kappa shape index (κ1) is 12.9. The lowest BCUT2D eigenvalue weighted by atomic mass is 10.0. The zero-order valence-electron chi connectivity index (χ0n) is 9.61. The number of nitrogen functional groups attached to an aromatic ring is 1. The zero-order chi connectivity index (χ0) is 13.1. The highest BCUT2D eigenvalue weighted by Crippen LogP contribution is 2.23. The summed E-state index contributed by atoms with van der Waals surface area (Å²) in [6.07, 6.45) is -0.601. The van der Waals surface area contributed by atoms with E-state index in [4.69, 9.17) is 17.3 Å². The standard InChI is InChI=1S/C14H13ClFNO/c15-11-5-4-9(13(16)8-11)7-14(18)10-2-1-3-12(17)6-10/h1-6,8,14,18H,7,17H2. The summed E-state index contributed by atoms with van der Waals surface area (Å²) in [6, 6.07) is 11.3. The van der Waals surface area contributed by atoms with Gasteiger partial charge in [-0.15, -0.1) is 0 Å². The Morgan fingerprint density at radius 2 is 2.00 bits per heavy atom. The smallest absolute Gasteiger partial charge is 0.127 e. The molecule has 0 bridgehead atoms. The molecule has 0 aromatic heterocycles. The van der Waals surface area contributed by atoms with Gasteiger partial charge in [0.15, 0.2) is 0 Å². The van der Waals surface area contributed by atoms with E-state index in [-0.39, 0.29) is 6.42 Å². The van der Waals surface area contributed by atoms with E-state index in [0.29, 0.717) is 21.8 Å². The first-order valence-electron chi connectivity index (χ1n) is 5.53. The maximum Gasteiger partial charge on any atom is 0.127 e. The van der Waals surface area contributed by atoms with Gasteiger partial charge >= 0.3 is 0 Å². The van der Waals surface area contributed by atoms with E-state index in [1.165, 1.54) is 6.07 Å². The number of hydrogen-bond acceptors (Lipinski definition) is 2. The van der Waals surface area contributed by atoms with Crippen LogP contribution in [0.2, 0.25) is 5.02 Å². The van der Waals surface area contributed by atoms with E-state index < -0.39 is 11.9 Å². The number of rotatable bonds is 3. The molecular weight excluding hydrogens is 253 g/mol. The Morgan fingerprint density at radius 1 is 1.22 bits per heavy atom. The van der Waals surface area contributed by atoms with E-state index in [1.54, 1.807) is 36.4 Å². The van der Waals surface area contributed by atoms with Gasteiger partial charge in [-0.3, -0.25) is 0 Å². The molecule has 2 aromatic rings. The quantitative estimate of drug-likeness (QED) is 0.836. The number of nitrogens with two attached hydrogens (primary N) is 1. The molecule has 0 amide bonds. The van der Waals surface area contributed by atoms with E-state index in [1.807, 2.05) is 0 Å². The van der Waals surface area contributed by atoms with Gasteiger partial charge in [-0.1, -0.05) is 29.8 Å². The number of hydrogen-bond donors (Lipinski definition) is 2. The summed E-state index contributed by atoms with van der Waals surface area (Å²) in [5, 5.41) is 10.4. The van der Waals surface area contributed by atoms with Crippen LogP contribution in [0.1, 0.15) is 17.2 Å². The Kier molecular flexibility index (Phi) is 3.84. The normalized spacial score (nSPS) is 12.4. The third kappa shape index (κ3) is 3.00. The molecule has 18 heavy (non-hydrogen) atoms. The third-order valence-electron chi connectivity index (χ3n) is 2.72. The largest absolute Gasteiger partial charge is 0.399 e. The van der Waals surface area contributed by atoms with Crippen molar-refractivity contribution in [3.05, 3.63) is 64.4 Å². The van der Waals surface area contributed by atoms with Crippen LogP contribution < -0.4 is 5.73 Å². The fourth-order valence-corrected chi connectivity index (χ4v) is 1.94. The maximum absolute atomic E-state index is 13.6. The highest BCUT2D eigenvalue weighted by Gasteiger charge is 2.12. The van der Waals surface area contributed by atoms with Crippen molar-refractivity contribution in [2.24, 2.45) is 0 Å². The predicted octanol–water partition coefficient (Wildman–Crippen LogP) is 3.34. The Bertz CT molecular complexity index is 559. The molecule has 1 unspecified atom stereocenters. The maximum atomic E-state index is 13.6. The molecule has 2 nitrogen and oxygen atoms in total. The topological polar surface area (TPSA) is 46.2 Å². The van der Waals surface area contributed by atoms with Crippen molar-refractivity contribution < 1.29 is 9.50 Å². The second-order valence-corrected chi connectivity index (χ2v) is 4.56. The number of halogens is 2. The van der Waals surface area contributed by atoms with Gasteiger partial charge < -0.3 is 10.8 Å². The van der Waals surface area contributed by atoms with Crippen molar-refractivity contribution in [3.63, 3.8) is 0 Å². The number of aliphatic hydroxyl groups is 1. The molecule has 0 spiro atoms. The van der Waals surface area contributed by atoms with E-state index >= 15 is 0 Å². The van der Waals surface area contributed by atoms with Gasteiger partial charge in [0, 0.05) is 17.1 Å². The molecule has 0 radical (unpaired) electrons. The summed E-state index contributed by atoms with van der Waals surface area (Å²) in [6.45, 7) is 0. The summed E-state index contributed by atoms with van der Waals surface area (Å²) in [5.41, 5.74) is 7.31. The van der Waals surface area contributed by atoms with Crippen molar-refractivity contribution in [1.82, 2.24) is 0 Å². The lowest BCUT2D eigenvalue weighted by molar-refractivity contribution is 0.177. The molecule has 0 fully saturated rings. The molecule has 3 N–H and O–H groups in total. The molecule has 0 aliphatic heterocycles. The van der Waals surface area contributed by atoms with E-state index in [9.17, 15) is 9.50 Å². The predicted molar refractivity (Wildman–Crippen MR) is 70.9 cm³/mol. The molecular formula is C14H13ClFNO. The fraction of sp³-hybridized carbons (Fsp3) is 0.143. The molecule has 4 heteroatoms. The van der Waals surface area contributed by atoms with Gasteiger partial charge in [0.25, 0.3) is 0 Å². The molecule has 2 rings (SSSR count). The first-order chi connectivity index (χ1) is 8.56. The number of anilines is 1. The highest BCUT2D eigenvalue weighted by atomic mass is 35.5. The minimum absolute atomic E-state index is 0.187. The van der Waals surface area contributed by atoms with Gasteiger partial charge in [0.2, 0.25) is 0 Å². The Morgan fingerprint density at radius 3 is 2.67 bits per heavy atom. The molecule has 2 aromatic carbocycles. The summed E-state index contributed by atoms with van der Waals surface area (Å²) >= 11 is 5.67. The van der Waals surface area contributed by atoms with Gasteiger partial charge in [-0.25, -0.2) is 4.39 Å². The van der Waals surface area contributed by atoms with Crippen LogP contribution >= 0.6 is 11.6 Å². The average molecular weight is 266 g/mol. The van der Waals surface area contributed by atoms with Gasteiger partial charge in [-0.2, -0.15) is 0 Å². The van der Waals surface area contributed by atoms with Gasteiger partial charge in [-0.05, 0) is 35.4 Å². The van der Waals surface area contributed by atoms with Crippen molar-refractivity contribution in [1.29, 1.82) is 0 Å². The molecule has 0 heterocycles. The van der Waals surface area contributed by atoms with Crippen molar-refractivity contribution in [3.8, 4) is 0 Å². The SMILES string of the molecule is Nc1cccc(C(O)Cc2ccc(Cl)cc2F)c1. The first-order valence-corrected chi connectivity index (χ1v) is 5.91. The van der Waals surface area contributed by atoms with E-state index in [2.05, 4.69) is 0 Å². The molecule has 0 aliphatic rings. The summed E-state index contributed by atoms with van der Waals surface area (Å²) in [5.74, 6) is -0.412. The monoisotopic (exact) mass is 265 g/mol. The van der Waals surface area contributed by atoms with Crippen LogP contribution in [0.25, 0.3) is 0 Å². The molecule has 0 aliphatic carbocycles. The molecule has 94 valence electrons. The van der Waals surface area contributed by atoms with Crippen molar-refractivity contribution in [2.75, 3.05) is 5.73 Å². The van der Waals surface area contributed by atoms with Crippen LogP contribution in [0.15, 0.2) is 42.5 Å². The Balaban J connectivity index is 2.18. The molecule has 0 saturated carbocycles. The fourth-order valence-electron chi connectivity index (χ4n) is 1.78. The number of benzene rings is 2. The van der Waals surface area contributed by atoms with Crippen molar-refractivity contribution in [2.45, 2.75) is 12.5 Å². The lowest BCUT2D eigenvalue weighted by Gasteiger charge is -2.12. The second kappa shape index (κ2) is 5.38. The van der Waals surface area contributed by atoms with Crippen LogP contribution in [0.4, 0.5) is 10.1 Å². The second-order valence-electron chi connectivity index (χ2n) is 4.13. The summed E-state index contributed by atoms with van der Waals surface area (Å²) in [4.78, 5) is 0. The Hall–Kier alpha value is -1.58. The van der Waals surface area contributed by atoms with Crippen LogP contribution in [0.3, 0.4) is 0 Å². The van der Waals surface area contributed by atoms with E-state index in [0.717, 1.165) is 0 Å². The summed E-state index contributed by atoms with van der Waals surface area (Å²) < 4.78 is 13.6. The minimum Gasteiger partial charge on any atom is -0.399 e. The van der Waals surface area contributed by atoms with Crippen LogP contribution in [-0.2, 0) is 6.42 Å². The van der Waals surface area contributed by atoms with Crippen molar-refractivity contribution >= 4 is 17.3 Å². The average Bonchev–Trinajstić information content (AvgIpc) is 2.32. The van der Waals surface area contributed by atoms with Gasteiger partial charge in [0.05, 0.1) is 6.10 Å². The molecule has 1 atom stereocenters.